The largest absolute Gasteiger partial charge is 0.475 e. The molecule has 5 heterocycles. The molecule has 0 radical (unpaired) electrons. The second-order valence-electron chi connectivity index (χ2n) is 15.2. The van der Waals surface area contributed by atoms with Crippen LogP contribution in [0.1, 0.15) is 50.2 Å². The van der Waals surface area contributed by atoms with Gasteiger partial charge in [-0.25, -0.2) is 28.9 Å². The van der Waals surface area contributed by atoms with Crippen LogP contribution in [-0.4, -0.2) is 105 Å². The highest BCUT2D eigenvalue weighted by atomic mass is 31.2. The predicted octanol–water partition coefficient (Wildman–Crippen LogP) is 2.82. The molecule has 1 unspecified atom stereocenters. The van der Waals surface area contributed by atoms with Crippen LogP contribution in [0.4, 0.5) is 16.2 Å². The molecule has 2 amide bonds. The number of amides is 2. The van der Waals surface area contributed by atoms with Crippen molar-refractivity contribution >= 4 is 53.7 Å². The number of nitriles is 1. The van der Waals surface area contributed by atoms with Crippen LogP contribution < -0.4 is 16.2 Å². The Labute approximate surface area is 339 Å². The average Bonchev–Trinajstić information content (AvgIpc) is 3.49. The number of nitrogens with zero attached hydrogens (tertiary/aromatic N) is 8. The summed E-state index contributed by atoms with van der Waals surface area (Å²) < 4.78 is 56.9. The second-order valence-corrected chi connectivity index (χ2v) is 16.9. The number of aliphatic hydroxyl groups excluding tert-OH is 2. The lowest BCUT2D eigenvalue weighted by molar-refractivity contribution is -0.118. The third kappa shape index (κ3) is 7.25. The van der Waals surface area contributed by atoms with E-state index < -0.39 is 74.0 Å². The summed E-state index contributed by atoms with van der Waals surface area (Å²) in [5.41, 5.74) is -1.05. The fraction of sp³-hybridized carbons (Fsp3) is 0.486. The Balaban J connectivity index is 1.04. The van der Waals surface area contributed by atoms with E-state index in [2.05, 4.69) is 40.5 Å². The lowest BCUT2D eigenvalue weighted by atomic mass is 9.92. The summed E-state index contributed by atoms with van der Waals surface area (Å²) in [5.74, 6) is -2.45. The molecule has 3 fully saturated rings. The van der Waals surface area contributed by atoms with Gasteiger partial charge in [-0.2, -0.15) is 10.2 Å². The van der Waals surface area contributed by atoms with Crippen LogP contribution in [0.2, 0.25) is 0 Å². The third-order valence-electron chi connectivity index (χ3n) is 11.3. The lowest BCUT2D eigenvalue weighted by Crippen LogP contribution is -2.37. The van der Waals surface area contributed by atoms with E-state index in [1.165, 1.54) is 17.2 Å². The summed E-state index contributed by atoms with van der Waals surface area (Å²) in [7, 11) is -4.71. The summed E-state index contributed by atoms with van der Waals surface area (Å²) in [6, 6.07) is 10.3. The molecule has 1 aliphatic heterocycles. The van der Waals surface area contributed by atoms with Gasteiger partial charge in [-0.05, 0) is 36.3 Å². The number of halogens is 1. The molecule has 2 saturated carbocycles. The van der Waals surface area contributed by atoms with Gasteiger partial charge in [0.25, 0.3) is 11.5 Å². The molecule has 2 aliphatic carbocycles. The third-order valence-corrected chi connectivity index (χ3v) is 12.8. The molecule has 0 bridgehead atoms. The van der Waals surface area contributed by atoms with Crippen molar-refractivity contribution in [2.24, 2.45) is 23.7 Å². The van der Waals surface area contributed by atoms with Crippen LogP contribution >= 0.6 is 7.82 Å². The van der Waals surface area contributed by atoms with Crippen molar-refractivity contribution < 1.29 is 47.1 Å². The number of phosphoric ester groups is 1. The minimum absolute atomic E-state index is 0.0332. The summed E-state index contributed by atoms with van der Waals surface area (Å²) in [6.45, 7) is 3.79. The van der Waals surface area contributed by atoms with Gasteiger partial charge in [0.2, 0.25) is 11.9 Å². The maximum atomic E-state index is 15.9. The Bertz CT molecular complexity index is 2580. The van der Waals surface area contributed by atoms with Crippen molar-refractivity contribution in [3.8, 4) is 6.07 Å². The van der Waals surface area contributed by atoms with Gasteiger partial charge >= 0.3 is 7.82 Å². The topological polar surface area (TPSA) is 284 Å². The Hall–Kier alpha value is -5.53. The number of phosphoric acid groups is 1. The van der Waals surface area contributed by atoms with Gasteiger partial charge in [0, 0.05) is 18.1 Å². The van der Waals surface area contributed by atoms with Gasteiger partial charge < -0.3 is 24.8 Å². The van der Waals surface area contributed by atoms with E-state index >= 15 is 4.39 Å². The first kappa shape index (κ1) is 41.2. The van der Waals surface area contributed by atoms with Gasteiger partial charge in [-0.3, -0.25) is 42.8 Å². The Morgan fingerprint density at radius 2 is 1.90 bits per heavy atom. The zero-order chi connectivity index (χ0) is 42.5. The zero-order valence-corrected chi connectivity index (χ0v) is 33.3. The molecule has 316 valence electrons. The first-order valence-corrected chi connectivity index (χ1v) is 20.6. The van der Waals surface area contributed by atoms with E-state index in [1.54, 1.807) is 55.7 Å². The number of ether oxygens (including phenoxy) is 1. The van der Waals surface area contributed by atoms with E-state index in [4.69, 9.17) is 18.3 Å². The van der Waals surface area contributed by atoms with Crippen LogP contribution in [0.25, 0.3) is 22.3 Å². The number of imidazole rings is 2. The first-order chi connectivity index (χ1) is 28.8. The minimum atomic E-state index is -4.71. The van der Waals surface area contributed by atoms with Gasteiger partial charge in [-0.15, -0.1) is 0 Å². The highest BCUT2D eigenvalue weighted by molar-refractivity contribution is 7.48. The molecular weight excluding hydrogens is 808 g/mol. The number of hydrogen-bond acceptors (Lipinski definition) is 16. The summed E-state index contributed by atoms with van der Waals surface area (Å²) in [5, 5.41) is 36.0. The van der Waals surface area contributed by atoms with E-state index in [-0.39, 0.29) is 71.5 Å². The van der Waals surface area contributed by atoms with Crippen molar-refractivity contribution in [3.63, 3.8) is 0 Å². The number of fused-ring (bicyclic) bond motifs is 3. The normalized spacial score (nSPS) is 28.1. The molecule has 60 heavy (non-hydrogen) atoms. The molecule has 5 aromatic rings. The molecule has 1 saturated heterocycles. The molecule has 0 spiro atoms. The highest BCUT2D eigenvalue weighted by Gasteiger charge is 2.73. The highest BCUT2D eigenvalue weighted by Crippen LogP contribution is 2.70. The van der Waals surface area contributed by atoms with Crippen molar-refractivity contribution in [2.75, 3.05) is 30.5 Å². The summed E-state index contributed by atoms with van der Waals surface area (Å²) in [4.78, 5) is 62.3. The minimum Gasteiger partial charge on any atom is -0.396 e. The molecular formula is C37H41FN11O10P. The summed E-state index contributed by atoms with van der Waals surface area (Å²) >= 11 is 0. The van der Waals surface area contributed by atoms with E-state index in [0.717, 1.165) is 6.33 Å². The molecule has 21 nitrogen and oxygen atoms in total. The van der Waals surface area contributed by atoms with Crippen molar-refractivity contribution in [3.05, 3.63) is 65.2 Å². The SMILES string of the molecule is CC(C)C(=O)Nc1nc2c(ncn2[C@@]23C[C@H]2[C@H](CO)[C@@H](C)[C@H]3OP(=O)(OCCC#N)OC[C@H]2O[C@@H](n3cnc4c(NC(=O)c5ccccc5)ncnc43)[C@H](F)[C@@H]2O)c(=O)[nH]1. The van der Waals surface area contributed by atoms with Gasteiger partial charge in [0.1, 0.15) is 18.5 Å². The molecule has 10 atom stereocenters. The molecule has 8 rings (SSSR count). The Morgan fingerprint density at radius 3 is 2.63 bits per heavy atom. The molecule has 3 aliphatic rings. The molecule has 23 heteroatoms. The number of aromatic nitrogens is 8. The van der Waals surface area contributed by atoms with Crippen LogP contribution in [0.3, 0.4) is 0 Å². The standard InChI is InChI=1S/C37H41FN11O10P/c1-18(2)32(52)46-36-45-31-26(34(54)47-36)43-17-49(31)37-12-22(37)21(13-50)19(3)28(37)59-60(55,56-11-7-10-39)57-14-23-27(51)24(38)35(58-23)48-16-42-25-29(40-15-41-30(25)48)44-33(53)20-8-5-4-6-9-20/h4-6,8-9,15-19,21-24,27-28,35,50-51H,7,11-14H2,1-3H3,(H,40,41,44,53)(H2,45,46,47,52,54)/t19-,21-,22+,23-,24-,27-,28-,35-,37+,60?/m1/s1. The fourth-order valence-electron chi connectivity index (χ4n) is 8.19. The number of carbonyl (C=O) groups excluding carboxylic acids is 2. The van der Waals surface area contributed by atoms with E-state index in [0.29, 0.717) is 12.0 Å². The van der Waals surface area contributed by atoms with Crippen LogP contribution in [0.5, 0.6) is 0 Å². The van der Waals surface area contributed by atoms with Gasteiger partial charge in [0.05, 0.1) is 50.0 Å². The average molecular weight is 850 g/mol. The lowest BCUT2D eigenvalue weighted by Gasteiger charge is -2.32. The predicted molar refractivity (Wildman–Crippen MR) is 207 cm³/mol. The number of benzene rings is 1. The van der Waals surface area contributed by atoms with Gasteiger partial charge in [-0.1, -0.05) is 39.0 Å². The fourth-order valence-corrected chi connectivity index (χ4v) is 9.68. The Kier molecular flexibility index (Phi) is 11.1. The zero-order valence-electron chi connectivity index (χ0n) is 32.4. The van der Waals surface area contributed by atoms with Crippen LogP contribution in [-0.2, 0) is 33.2 Å². The maximum absolute atomic E-state index is 15.9. The number of rotatable bonds is 15. The first-order valence-electron chi connectivity index (χ1n) is 19.2. The quantitative estimate of drug-likeness (QED) is 0.0748. The van der Waals surface area contributed by atoms with Crippen molar-refractivity contribution in [1.29, 1.82) is 5.26 Å². The number of aromatic amines is 1. The maximum Gasteiger partial charge on any atom is 0.475 e. The number of hydrogen-bond donors (Lipinski definition) is 5. The summed E-state index contributed by atoms with van der Waals surface area (Å²) in [6.07, 6.45) is -3.88. The second kappa shape index (κ2) is 16.2. The molecule has 4 aromatic heterocycles. The van der Waals surface area contributed by atoms with Gasteiger partial charge in [0.15, 0.2) is 40.5 Å². The van der Waals surface area contributed by atoms with Crippen LogP contribution in [0.15, 0.2) is 54.1 Å². The van der Waals surface area contributed by atoms with Crippen molar-refractivity contribution in [2.45, 2.75) is 69.9 Å². The van der Waals surface area contributed by atoms with Crippen LogP contribution in [0, 0.1) is 35.0 Å². The number of anilines is 2. The molecule has 5 N–H and O–H groups in total. The van der Waals surface area contributed by atoms with E-state index in [9.17, 15) is 34.4 Å². The van der Waals surface area contributed by atoms with E-state index in [1.807, 2.05) is 6.07 Å². The number of carbonyl (C=O) groups is 2. The number of aliphatic hydroxyl groups is 2. The number of H-pyrrole nitrogens is 1. The molecule has 1 aromatic carbocycles. The smallest absolute Gasteiger partial charge is 0.396 e. The van der Waals surface area contributed by atoms with Crippen molar-refractivity contribution in [1.82, 2.24) is 39.0 Å². The Morgan fingerprint density at radius 1 is 1.13 bits per heavy atom. The number of alkyl halides is 1. The monoisotopic (exact) mass is 849 g/mol. The number of nitrogens with one attached hydrogen (secondary N) is 3.